The van der Waals surface area contributed by atoms with Crippen LogP contribution in [0.3, 0.4) is 0 Å². The maximum absolute atomic E-state index is 14.8. The predicted octanol–water partition coefficient (Wildman–Crippen LogP) is 20.2. The monoisotopic (exact) mass is 1990 g/mol. The first kappa shape index (κ1) is 94.6. The normalized spacial score (nSPS) is 14.1. The average molecular weight is 1990 g/mol. The van der Waals surface area contributed by atoms with Crippen molar-refractivity contribution in [3.63, 3.8) is 0 Å². The molecule has 4 fully saturated rings. The molecule has 0 radical (unpaired) electrons. The highest BCUT2D eigenvalue weighted by Gasteiger charge is 2.37. The SMILES string of the molecule is CC[C@H](Nc1ncnc(N)c1-c1nc(C2CC2)no1)c1cc2cccc(Cl)c2c(=O)n1-c1ccccc1.CC[C@H](Nc1ncnc(N)c1-c1nc(C2CC2)no1)c1cc2cccc(F)c2c(=O)n1-c1ccccc1.C[C@H](Nc1ncnc(N)c1-c1nc(C2CC2)no1)c1cc2cccc(Cl)c2c(=O)n1-c1ccccc1.C[C@H](Nc1ncnc(N)c1-c1nc(C2CC2)no1)c1cc2cccc(F)c2c(=O)n1-c1ccccc1. The van der Waals surface area contributed by atoms with Crippen LogP contribution in [0, 0.1) is 11.6 Å². The van der Waals surface area contributed by atoms with Gasteiger partial charge < -0.3 is 62.3 Å². The Kier molecular flexibility index (Phi) is 26.1. The van der Waals surface area contributed by atoms with E-state index in [2.05, 4.69) is 102 Å². The van der Waals surface area contributed by atoms with Gasteiger partial charge in [-0.25, -0.2) is 48.7 Å². The van der Waals surface area contributed by atoms with Gasteiger partial charge >= 0.3 is 0 Å². The Bertz CT molecular complexity index is 8100. The number of fused-ring (bicyclic) bond motifs is 4. The second kappa shape index (κ2) is 40.4. The standard InChI is InChI=1S/C27H24ClN7O2.C27H24FN7O2.C26H22ClN7O2.C26H22FN7O2/c2*1-2-19(32-25-22(23(29)30-14-31-25)26-33-24(34-37-26)15-11-12-15)20-13-16-7-6-10-18(28)21(16)27(36)35(20)17-8-4-3-5-9-17;2*1-14(31-24-21(22(28)29-13-30-24)25-32-23(33-36-25)15-10-11-15)19-12-16-6-5-9-18(27)20(16)26(35)34(19)17-7-3-2-4-8-17/h2*3-10,13-15,19H,2,11-12H2,1H3,(H3,29,30,31,32);2*2-9,12-15H,10-11H2,1H3,(H3,28,29,30,31)/t2*19-;2*14-/m0000/s1. The van der Waals surface area contributed by atoms with Gasteiger partial charge in [0.25, 0.3) is 45.8 Å². The first-order valence-electron chi connectivity index (χ1n) is 47.5. The summed E-state index contributed by atoms with van der Waals surface area (Å²) in [7, 11) is 0. The van der Waals surface area contributed by atoms with Crippen LogP contribution in [-0.2, 0) is 0 Å². The van der Waals surface area contributed by atoms with Gasteiger partial charge in [-0.3, -0.25) is 37.4 Å². The Morgan fingerprint density at radius 2 is 0.575 bits per heavy atom. The fourth-order valence-electron chi connectivity index (χ4n) is 17.8. The lowest BCUT2D eigenvalue weighted by molar-refractivity contribution is 0.422. The number of nitrogens with one attached hydrogen (secondary N) is 4. The molecule has 4 aliphatic carbocycles. The van der Waals surface area contributed by atoms with Crippen molar-refractivity contribution in [2.24, 2.45) is 0 Å². The summed E-state index contributed by atoms with van der Waals surface area (Å²) in [4.78, 5) is 107. The molecule has 0 bridgehead atoms. The molecule has 4 atom stereocenters. The Morgan fingerprint density at radius 1 is 0.329 bits per heavy atom. The number of anilines is 8. The lowest BCUT2D eigenvalue weighted by Crippen LogP contribution is -2.27. The zero-order chi connectivity index (χ0) is 101. The summed E-state index contributed by atoms with van der Waals surface area (Å²) in [6.07, 6.45) is 15.0. The van der Waals surface area contributed by atoms with Crippen molar-refractivity contribution in [3.05, 3.63) is 353 Å². The average Bonchev–Trinajstić information content (AvgIpc) is 1.29. The third-order valence-electron chi connectivity index (χ3n) is 25.8. The number of benzene rings is 8. The van der Waals surface area contributed by atoms with Gasteiger partial charge in [0.1, 0.15) is 106 Å². The van der Waals surface area contributed by atoms with Gasteiger partial charge in [0.05, 0.1) is 55.8 Å². The lowest BCUT2D eigenvalue weighted by Gasteiger charge is -2.24. The maximum Gasteiger partial charge on any atom is 0.266 e. The number of nitrogen functional groups attached to an aromatic ring is 4. The van der Waals surface area contributed by atoms with Crippen LogP contribution in [0.4, 0.5) is 55.3 Å². The number of nitrogens with two attached hydrogens (primary N) is 4. The van der Waals surface area contributed by atoms with Gasteiger partial charge in [0, 0.05) is 69.2 Å². The molecule has 12 N–H and O–H groups in total. The second-order valence-corrected chi connectivity index (χ2v) is 36.6. The van der Waals surface area contributed by atoms with E-state index in [-0.39, 0.29) is 80.8 Å². The van der Waals surface area contributed by atoms with Gasteiger partial charge in [-0.05, 0) is 197 Å². The number of para-hydroxylation sites is 4. The molecule has 0 saturated heterocycles. The number of pyridine rings is 4. The minimum atomic E-state index is -0.567. The van der Waals surface area contributed by atoms with E-state index in [1.54, 1.807) is 63.7 Å². The molecular formula is C106H92Cl2F2N28O8. The number of rotatable bonds is 26. The summed E-state index contributed by atoms with van der Waals surface area (Å²) < 4.78 is 57.9. The van der Waals surface area contributed by atoms with Crippen molar-refractivity contribution in [3.8, 4) is 68.6 Å². The molecule has 0 amide bonds. The number of hydrogen-bond acceptors (Lipinski definition) is 32. The van der Waals surface area contributed by atoms with E-state index in [0.717, 1.165) is 79.2 Å². The predicted molar refractivity (Wildman–Crippen MR) is 552 cm³/mol. The summed E-state index contributed by atoms with van der Waals surface area (Å²) >= 11 is 12.9. The topological polar surface area (TPSA) is 499 Å². The van der Waals surface area contributed by atoms with Gasteiger partial charge in [-0.15, -0.1) is 0 Å². The first-order valence-corrected chi connectivity index (χ1v) is 48.3. The Labute approximate surface area is 838 Å². The van der Waals surface area contributed by atoms with Crippen molar-refractivity contribution in [2.75, 3.05) is 44.2 Å². The van der Waals surface area contributed by atoms with Crippen molar-refractivity contribution in [2.45, 2.75) is 140 Å². The highest BCUT2D eigenvalue weighted by atomic mass is 35.5. The molecular weight excluding hydrogens is 1900 g/mol. The largest absolute Gasteiger partial charge is 0.383 e. The Morgan fingerprint density at radius 3 is 0.849 bits per heavy atom. The molecule has 12 heterocycles. The second-order valence-electron chi connectivity index (χ2n) is 35.8. The zero-order valence-electron chi connectivity index (χ0n) is 78.8. The van der Waals surface area contributed by atoms with Crippen molar-refractivity contribution in [1.82, 2.24) is 98.7 Å². The molecule has 0 unspecified atom stereocenters. The highest BCUT2D eigenvalue weighted by Crippen LogP contribution is 2.46. The van der Waals surface area contributed by atoms with Gasteiger partial charge in [-0.2, -0.15) is 19.9 Å². The summed E-state index contributed by atoms with van der Waals surface area (Å²) in [5, 5.41) is 34.3. The molecule has 0 aliphatic heterocycles. The minimum absolute atomic E-state index is 0.0303. The first-order chi connectivity index (χ1) is 71.1. The Hall–Kier alpha value is -17.7. The highest BCUT2D eigenvalue weighted by molar-refractivity contribution is 6.36. The van der Waals surface area contributed by atoms with Crippen molar-refractivity contribution < 1.29 is 26.9 Å². The number of aromatic nitrogens is 20. The van der Waals surface area contributed by atoms with E-state index >= 15 is 0 Å². The Balaban J connectivity index is 0.000000114. The molecule has 12 aromatic heterocycles. The van der Waals surface area contributed by atoms with Crippen LogP contribution < -0.4 is 66.4 Å². The molecule has 20 aromatic rings. The third kappa shape index (κ3) is 19.1. The van der Waals surface area contributed by atoms with Crippen LogP contribution >= 0.6 is 23.2 Å². The zero-order valence-corrected chi connectivity index (χ0v) is 80.3. The number of hydrogen-bond donors (Lipinski definition) is 8. The molecule has 24 rings (SSSR count). The fourth-order valence-corrected chi connectivity index (χ4v) is 18.3. The van der Waals surface area contributed by atoms with Gasteiger partial charge in [-0.1, -0.05) is 179 Å². The summed E-state index contributed by atoms with van der Waals surface area (Å²) in [6.45, 7) is 7.83. The van der Waals surface area contributed by atoms with Crippen LogP contribution in [0.2, 0.25) is 10.0 Å². The summed E-state index contributed by atoms with van der Waals surface area (Å²) in [5.41, 5.74) is 30.7. The van der Waals surface area contributed by atoms with Gasteiger partial charge in [0.15, 0.2) is 23.3 Å². The van der Waals surface area contributed by atoms with Crippen LogP contribution in [0.1, 0.15) is 186 Å². The summed E-state index contributed by atoms with van der Waals surface area (Å²) in [6, 6.07) is 63.3. The van der Waals surface area contributed by atoms with Crippen molar-refractivity contribution in [1.29, 1.82) is 0 Å². The maximum atomic E-state index is 14.8. The minimum Gasteiger partial charge on any atom is -0.383 e. The molecule has 40 heteroatoms. The van der Waals surface area contributed by atoms with E-state index in [4.69, 9.17) is 64.2 Å². The molecule has 0 spiro atoms. The molecule has 8 aromatic carbocycles. The molecule has 146 heavy (non-hydrogen) atoms. The van der Waals surface area contributed by atoms with E-state index in [9.17, 15) is 28.0 Å². The molecule has 4 saturated carbocycles. The lowest BCUT2D eigenvalue weighted by atomic mass is 10.0. The van der Waals surface area contributed by atoms with Gasteiger partial charge in [0.2, 0.25) is 0 Å². The van der Waals surface area contributed by atoms with E-state index in [0.29, 0.717) is 165 Å². The van der Waals surface area contributed by atoms with Crippen molar-refractivity contribution >= 4 is 113 Å². The van der Waals surface area contributed by atoms with Crippen LogP contribution in [0.25, 0.3) is 112 Å². The summed E-state index contributed by atoms with van der Waals surface area (Å²) in [5.74, 6) is 6.23. The number of halogens is 4. The van der Waals surface area contributed by atoms with E-state index < -0.39 is 34.8 Å². The number of nitrogens with zero attached hydrogens (tertiary/aromatic N) is 20. The fraction of sp³-hybridized carbons (Fsp3) is 0.208. The third-order valence-corrected chi connectivity index (χ3v) is 26.4. The quantitative estimate of drug-likeness (QED) is 0.0250. The molecule has 36 nitrogen and oxygen atoms in total. The van der Waals surface area contributed by atoms with Crippen LogP contribution in [0.5, 0.6) is 0 Å². The smallest absolute Gasteiger partial charge is 0.266 e. The van der Waals surface area contributed by atoms with E-state index in [1.807, 2.05) is 179 Å². The van der Waals surface area contributed by atoms with E-state index in [1.165, 1.54) is 46.6 Å². The van der Waals surface area contributed by atoms with Crippen LogP contribution in [-0.4, -0.2) is 98.7 Å². The van der Waals surface area contributed by atoms with Crippen LogP contribution in [0.15, 0.2) is 281 Å². The molecule has 732 valence electrons. The molecule has 4 aliphatic rings.